The Labute approximate surface area is 202 Å². The van der Waals surface area contributed by atoms with Crippen LogP contribution in [-0.2, 0) is 20.0 Å². The van der Waals surface area contributed by atoms with E-state index in [-0.39, 0.29) is 28.5 Å². The van der Waals surface area contributed by atoms with E-state index >= 15 is 0 Å². The number of nitrogens with zero attached hydrogens (tertiary/aromatic N) is 1. The highest BCUT2D eigenvalue weighted by Crippen LogP contribution is 2.52. The van der Waals surface area contributed by atoms with E-state index in [1.54, 1.807) is 0 Å². The number of hydrogen-bond donors (Lipinski definition) is 2. The predicted molar refractivity (Wildman–Crippen MR) is 137 cm³/mol. The van der Waals surface area contributed by atoms with Crippen LogP contribution in [0.5, 0.6) is 5.75 Å². The van der Waals surface area contributed by atoms with Crippen molar-refractivity contribution in [2.75, 3.05) is 26.2 Å². The minimum atomic E-state index is -0.246. The van der Waals surface area contributed by atoms with Gasteiger partial charge in [0.15, 0.2) is 7.11 Å². The quantitative estimate of drug-likeness (QED) is 0.460. The molecule has 5 rings (SSSR count). The van der Waals surface area contributed by atoms with E-state index in [9.17, 15) is 9.90 Å². The molecule has 2 heterocycles. The van der Waals surface area contributed by atoms with Crippen LogP contribution in [0.4, 0.5) is 5.69 Å². The molecule has 5 nitrogen and oxygen atoms in total. The summed E-state index contributed by atoms with van der Waals surface area (Å²) in [6, 6.07) is 16.5. The van der Waals surface area contributed by atoms with Gasteiger partial charge in [-0.25, -0.2) is 0 Å². The second kappa shape index (κ2) is 8.17. The molecule has 3 aliphatic rings. The first kappa shape index (κ1) is 23.8. The van der Waals surface area contributed by atoms with Crippen LogP contribution in [0.3, 0.4) is 0 Å². The fourth-order valence-electron chi connectivity index (χ4n) is 5.60. The number of rotatable bonds is 2. The van der Waals surface area contributed by atoms with E-state index in [2.05, 4.69) is 61.2 Å². The van der Waals surface area contributed by atoms with Gasteiger partial charge in [-0.05, 0) is 37.6 Å². The van der Waals surface area contributed by atoms with E-state index in [1.807, 2.05) is 50.6 Å². The molecule has 0 saturated heterocycles. The Morgan fingerprint density at radius 2 is 1.56 bits per heavy atom. The standard InChI is InChI=1S/C28H29NO3.CH4O/c1-27(2)19-11-7-9-13-21(19)29(5)23(27)15-17-25(30)18(26(17)31)16-24-28(3,4)20-12-8-10-14-22(20)32(24)6;1-2/h7-16,24H,1-6H3;2H,1H3/p+1/b23-15-;. The topological polar surface area (TPSA) is 63.5 Å². The zero-order valence-electron chi connectivity index (χ0n) is 21.0. The molecule has 178 valence electrons. The average molecular weight is 461 g/mol. The maximum Gasteiger partial charge on any atom is 0.259 e. The number of allylic oxidation sites excluding steroid dienone is 4. The molecule has 0 bridgehead atoms. The van der Waals surface area contributed by atoms with Gasteiger partial charge in [0.1, 0.15) is 5.76 Å². The molecule has 2 aliphatic heterocycles. The number of ketones is 1. The first-order chi connectivity index (χ1) is 16.1. The third-order valence-corrected chi connectivity index (χ3v) is 7.56. The fourth-order valence-corrected chi connectivity index (χ4v) is 5.60. The monoisotopic (exact) mass is 460 g/mol. The number of Topliss-reactive ketones (excluding diaryl/α,β-unsaturated/α-hetero) is 1. The smallest absolute Gasteiger partial charge is 0.259 e. The first-order valence-electron chi connectivity index (χ1n) is 11.5. The zero-order chi connectivity index (χ0) is 25.0. The number of anilines is 1. The van der Waals surface area contributed by atoms with Gasteiger partial charge in [-0.2, -0.15) is 0 Å². The van der Waals surface area contributed by atoms with Crippen LogP contribution in [0.15, 0.2) is 83.3 Å². The summed E-state index contributed by atoms with van der Waals surface area (Å²) in [7, 11) is 4.98. The molecule has 0 fully saturated rings. The van der Waals surface area contributed by atoms with Crippen molar-refractivity contribution in [2.24, 2.45) is 0 Å². The van der Waals surface area contributed by atoms with Crippen LogP contribution >= 0.6 is 0 Å². The summed E-state index contributed by atoms with van der Waals surface area (Å²) in [6.45, 7) is 8.65. The molecular weight excluding hydrogens is 426 g/mol. The van der Waals surface area contributed by atoms with Crippen LogP contribution in [0.25, 0.3) is 0 Å². The van der Waals surface area contributed by atoms with E-state index in [0.29, 0.717) is 11.1 Å². The van der Waals surface area contributed by atoms with Gasteiger partial charge in [0, 0.05) is 43.1 Å². The van der Waals surface area contributed by atoms with Crippen molar-refractivity contribution in [2.45, 2.75) is 44.6 Å². The molecule has 0 aromatic heterocycles. The normalized spacial score (nSPS) is 24.1. The predicted octanol–water partition coefficient (Wildman–Crippen LogP) is 5.48. The van der Waals surface area contributed by atoms with Gasteiger partial charge in [-0.3, -0.25) is 4.79 Å². The molecule has 1 aliphatic carbocycles. The molecule has 1 unspecified atom stereocenters. The summed E-state index contributed by atoms with van der Waals surface area (Å²) in [6.07, 6.45) is 3.67. The van der Waals surface area contributed by atoms with Gasteiger partial charge < -0.3 is 19.5 Å². The summed E-state index contributed by atoms with van der Waals surface area (Å²) >= 11 is 0. The lowest BCUT2D eigenvalue weighted by molar-refractivity contribution is -0.113. The first-order valence-corrected chi connectivity index (χ1v) is 11.5. The Balaban J connectivity index is 0.00000133. The summed E-state index contributed by atoms with van der Waals surface area (Å²) in [5, 5.41) is 17.9. The Morgan fingerprint density at radius 1 is 0.971 bits per heavy atom. The minimum absolute atomic E-state index is 0.0865. The van der Waals surface area contributed by atoms with Crippen LogP contribution in [0, 0.1) is 0 Å². The van der Waals surface area contributed by atoms with Crippen molar-refractivity contribution < 1.29 is 19.4 Å². The van der Waals surface area contributed by atoms with Gasteiger partial charge in [0.05, 0.1) is 22.1 Å². The van der Waals surface area contributed by atoms with Gasteiger partial charge >= 0.3 is 0 Å². The number of hydrogen-bond acceptors (Lipinski definition) is 4. The molecule has 2 aromatic carbocycles. The SMILES string of the molecule is CN1/C(=C\C2=C(O)C(=C/C3[O+](C)c4ccccc4C3(C)C)/C2=O)C(C)(C)c2ccccc21.CO. The number of para-hydroxylation sites is 2. The second-order valence-corrected chi connectivity index (χ2v) is 10.1. The highest BCUT2D eigenvalue weighted by atomic mass is 16.7. The number of aliphatic hydroxyl groups is 2. The van der Waals surface area contributed by atoms with Gasteiger partial charge in [0.25, 0.3) is 5.75 Å². The molecule has 2 aromatic rings. The summed E-state index contributed by atoms with van der Waals surface area (Å²) < 4.78 is 3.15. The number of fused-ring (bicyclic) bond motifs is 2. The largest absolute Gasteiger partial charge is 0.568 e. The third kappa shape index (κ3) is 3.22. The van der Waals surface area contributed by atoms with Gasteiger partial charge in [-0.1, -0.05) is 44.2 Å². The second-order valence-electron chi connectivity index (χ2n) is 10.1. The molecule has 34 heavy (non-hydrogen) atoms. The summed E-state index contributed by atoms with van der Waals surface area (Å²) in [4.78, 5) is 15.3. The molecule has 1 atom stereocenters. The van der Waals surface area contributed by atoms with E-state index < -0.39 is 0 Å². The van der Waals surface area contributed by atoms with Crippen molar-refractivity contribution in [1.29, 1.82) is 0 Å². The number of benzene rings is 2. The summed E-state index contributed by atoms with van der Waals surface area (Å²) in [5.41, 5.74) is 4.93. The molecule has 2 N–H and O–H groups in total. The fraction of sp³-hybridized carbons (Fsp3) is 0.345. The van der Waals surface area contributed by atoms with Crippen LogP contribution in [0.2, 0.25) is 0 Å². The lowest BCUT2D eigenvalue weighted by Crippen LogP contribution is -2.34. The van der Waals surface area contributed by atoms with Crippen LogP contribution in [0.1, 0.15) is 38.8 Å². The average Bonchev–Trinajstić information content (AvgIpc) is 3.15. The highest BCUT2D eigenvalue weighted by molar-refractivity contribution is 6.21. The lowest BCUT2D eigenvalue weighted by Gasteiger charge is -2.30. The maximum absolute atomic E-state index is 13.2. The number of carbonyl (C=O) groups excluding carboxylic acids is 1. The van der Waals surface area contributed by atoms with Crippen molar-refractivity contribution in [3.05, 3.63) is 94.4 Å². The molecule has 5 heteroatoms. The molecule has 0 saturated carbocycles. The van der Waals surface area contributed by atoms with Crippen molar-refractivity contribution >= 4 is 11.5 Å². The van der Waals surface area contributed by atoms with Gasteiger partial charge in [0.2, 0.25) is 11.9 Å². The Bertz CT molecular complexity index is 1250. The van der Waals surface area contributed by atoms with E-state index in [0.717, 1.165) is 24.2 Å². The van der Waals surface area contributed by atoms with E-state index in [4.69, 9.17) is 5.11 Å². The highest BCUT2D eigenvalue weighted by Gasteiger charge is 2.50. The number of carbonyl (C=O) groups is 1. The molecule has 0 radical (unpaired) electrons. The minimum Gasteiger partial charge on any atom is -0.568 e. The Morgan fingerprint density at radius 3 is 2.15 bits per heavy atom. The van der Waals surface area contributed by atoms with Crippen molar-refractivity contribution in [3.63, 3.8) is 0 Å². The van der Waals surface area contributed by atoms with Crippen LogP contribution < -0.4 is 4.90 Å². The maximum atomic E-state index is 13.2. The van der Waals surface area contributed by atoms with Gasteiger partial charge in [-0.15, -0.1) is 0 Å². The van der Waals surface area contributed by atoms with Crippen molar-refractivity contribution in [3.8, 4) is 5.75 Å². The Kier molecular flexibility index (Phi) is 5.73. The number of likely N-dealkylation sites (N-methyl/N-ethyl adjacent to an activating group) is 1. The third-order valence-electron chi connectivity index (χ3n) is 7.56. The molecule has 0 amide bonds. The van der Waals surface area contributed by atoms with Crippen LogP contribution in [-0.4, -0.2) is 43.4 Å². The zero-order valence-corrected chi connectivity index (χ0v) is 21.0. The van der Waals surface area contributed by atoms with E-state index in [1.165, 1.54) is 11.1 Å². The Hall–Kier alpha value is -3.31. The number of aliphatic hydroxyl groups excluding tert-OH is 2. The molecular formula is C29H34NO4+. The molecule has 0 spiro atoms. The summed E-state index contributed by atoms with van der Waals surface area (Å²) in [5.74, 6) is 1.07. The lowest BCUT2D eigenvalue weighted by atomic mass is 9.77. The van der Waals surface area contributed by atoms with Crippen molar-refractivity contribution in [1.82, 2.24) is 0 Å².